The molecule has 24 heavy (non-hydrogen) atoms. The molecular formula is C20H22N2O2. The molecule has 0 saturated carbocycles. The number of anilines is 1. The fourth-order valence-electron chi connectivity index (χ4n) is 3.01. The third kappa shape index (κ3) is 3.48. The Kier molecular flexibility index (Phi) is 4.65. The van der Waals surface area contributed by atoms with Crippen molar-refractivity contribution in [2.45, 2.75) is 26.3 Å². The summed E-state index contributed by atoms with van der Waals surface area (Å²) in [6, 6.07) is 17.6. The Morgan fingerprint density at radius 3 is 2.46 bits per heavy atom. The molecule has 1 fully saturated rings. The van der Waals surface area contributed by atoms with Crippen LogP contribution in [0.25, 0.3) is 0 Å². The Morgan fingerprint density at radius 2 is 1.79 bits per heavy atom. The smallest absolute Gasteiger partial charge is 0.227 e. The summed E-state index contributed by atoms with van der Waals surface area (Å²) in [5.41, 5.74) is 3.07. The summed E-state index contributed by atoms with van der Waals surface area (Å²) >= 11 is 0. The van der Waals surface area contributed by atoms with Crippen LogP contribution in [0.3, 0.4) is 0 Å². The summed E-state index contributed by atoms with van der Waals surface area (Å²) in [6.45, 7) is 4.41. The van der Waals surface area contributed by atoms with E-state index in [1.807, 2.05) is 68.4 Å². The van der Waals surface area contributed by atoms with Gasteiger partial charge < -0.3 is 10.2 Å². The van der Waals surface area contributed by atoms with Gasteiger partial charge in [-0.25, -0.2) is 0 Å². The zero-order valence-corrected chi connectivity index (χ0v) is 14.0. The Labute approximate surface area is 142 Å². The lowest BCUT2D eigenvalue weighted by atomic mass is 10.1. The Balaban J connectivity index is 1.64. The molecule has 2 aromatic carbocycles. The molecule has 0 aliphatic carbocycles. The second-order valence-electron chi connectivity index (χ2n) is 6.38. The second kappa shape index (κ2) is 6.87. The summed E-state index contributed by atoms with van der Waals surface area (Å²) in [7, 11) is 0. The monoisotopic (exact) mass is 322 g/mol. The second-order valence-corrected chi connectivity index (χ2v) is 6.38. The molecule has 1 aliphatic heterocycles. The highest BCUT2D eigenvalue weighted by atomic mass is 16.2. The minimum atomic E-state index is -0.301. The van der Waals surface area contributed by atoms with Crippen molar-refractivity contribution in [3.63, 3.8) is 0 Å². The normalized spacial score (nSPS) is 18.5. The van der Waals surface area contributed by atoms with Gasteiger partial charge in [0.25, 0.3) is 0 Å². The average molecular weight is 322 g/mol. The lowest BCUT2D eigenvalue weighted by Crippen LogP contribution is -2.34. The molecule has 0 unspecified atom stereocenters. The number of aryl methyl sites for hydroxylation is 1. The molecule has 1 saturated heterocycles. The molecule has 0 aromatic heterocycles. The van der Waals surface area contributed by atoms with Crippen LogP contribution in [0.2, 0.25) is 0 Å². The molecule has 1 heterocycles. The minimum absolute atomic E-state index is 0.00590. The van der Waals surface area contributed by atoms with E-state index in [1.54, 1.807) is 4.90 Å². The number of rotatable bonds is 4. The fourth-order valence-corrected chi connectivity index (χ4v) is 3.01. The molecule has 4 heteroatoms. The van der Waals surface area contributed by atoms with Crippen LogP contribution in [-0.4, -0.2) is 18.4 Å². The first-order valence-corrected chi connectivity index (χ1v) is 8.27. The zero-order valence-electron chi connectivity index (χ0n) is 14.0. The molecule has 2 atom stereocenters. The van der Waals surface area contributed by atoms with Gasteiger partial charge in [0.05, 0.1) is 12.0 Å². The van der Waals surface area contributed by atoms with Gasteiger partial charge in [-0.05, 0) is 31.5 Å². The third-order valence-electron chi connectivity index (χ3n) is 4.50. The maximum Gasteiger partial charge on any atom is 0.227 e. The van der Waals surface area contributed by atoms with Gasteiger partial charge in [-0.1, -0.05) is 48.0 Å². The zero-order chi connectivity index (χ0) is 17.1. The summed E-state index contributed by atoms with van der Waals surface area (Å²) in [6.07, 6.45) is 0.265. The quantitative estimate of drug-likeness (QED) is 0.939. The van der Waals surface area contributed by atoms with Crippen LogP contribution < -0.4 is 10.2 Å². The summed E-state index contributed by atoms with van der Waals surface area (Å²) in [4.78, 5) is 26.5. The molecular weight excluding hydrogens is 300 g/mol. The topological polar surface area (TPSA) is 49.4 Å². The number of hydrogen-bond acceptors (Lipinski definition) is 2. The Hall–Kier alpha value is -2.62. The lowest BCUT2D eigenvalue weighted by molar-refractivity contribution is -0.126. The number of carbonyl (C=O) groups excluding carboxylic acids is 2. The predicted octanol–water partition coefficient (Wildman–Crippen LogP) is 3.23. The number of amides is 2. The molecule has 4 nitrogen and oxygen atoms in total. The first-order chi connectivity index (χ1) is 11.5. The lowest BCUT2D eigenvalue weighted by Gasteiger charge is -2.19. The summed E-state index contributed by atoms with van der Waals surface area (Å²) < 4.78 is 0. The van der Waals surface area contributed by atoms with Crippen LogP contribution in [0.5, 0.6) is 0 Å². The summed E-state index contributed by atoms with van der Waals surface area (Å²) in [5.74, 6) is -0.356. The van der Waals surface area contributed by atoms with Gasteiger partial charge in [0, 0.05) is 18.7 Å². The van der Waals surface area contributed by atoms with E-state index in [2.05, 4.69) is 5.32 Å². The van der Waals surface area contributed by atoms with E-state index in [4.69, 9.17) is 0 Å². The van der Waals surface area contributed by atoms with E-state index in [0.29, 0.717) is 6.54 Å². The van der Waals surface area contributed by atoms with Crippen LogP contribution in [0.1, 0.15) is 30.5 Å². The Morgan fingerprint density at radius 1 is 1.12 bits per heavy atom. The minimum Gasteiger partial charge on any atom is -0.349 e. The highest BCUT2D eigenvalue weighted by Gasteiger charge is 2.35. The fraction of sp³-hybridized carbons (Fsp3) is 0.300. The van der Waals surface area contributed by atoms with Gasteiger partial charge in [-0.15, -0.1) is 0 Å². The van der Waals surface area contributed by atoms with Crippen molar-refractivity contribution in [1.82, 2.24) is 5.32 Å². The van der Waals surface area contributed by atoms with Gasteiger partial charge in [0.1, 0.15) is 0 Å². The first-order valence-electron chi connectivity index (χ1n) is 8.27. The number of hydrogen-bond donors (Lipinski definition) is 1. The summed E-state index contributed by atoms with van der Waals surface area (Å²) in [5, 5.41) is 3.02. The van der Waals surface area contributed by atoms with Gasteiger partial charge in [0.15, 0.2) is 0 Å². The van der Waals surface area contributed by atoms with E-state index < -0.39 is 0 Å². The van der Waals surface area contributed by atoms with Crippen LogP contribution in [0.4, 0.5) is 5.69 Å². The van der Waals surface area contributed by atoms with Crippen molar-refractivity contribution in [3.05, 3.63) is 65.7 Å². The molecule has 3 rings (SSSR count). The van der Waals surface area contributed by atoms with Crippen molar-refractivity contribution >= 4 is 17.5 Å². The van der Waals surface area contributed by atoms with Crippen LogP contribution in [-0.2, 0) is 9.59 Å². The highest BCUT2D eigenvalue weighted by Crippen LogP contribution is 2.26. The molecule has 1 aliphatic rings. The van der Waals surface area contributed by atoms with E-state index in [-0.39, 0.29) is 30.2 Å². The van der Waals surface area contributed by atoms with Crippen molar-refractivity contribution in [2.75, 3.05) is 11.4 Å². The van der Waals surface area contributed by atoms with Crippen molar-refractivity contribution < 1.29 is 9.59 Å². The van der Waals surface area contributed by atoms with Crippen molar-refractivity contribution in [3.8, 4) is 0 Å². The van der Waals surface area contributed by atoms with Crippen LogP contribution >= 0.6 is 0 Å². The molecule has 1 N–H and O–H groups in total. The van der Waals surface area contributed by atoms with E-state index in [1.165, 1.54) is 0 Å². The van der Waals surface area contributed by atoms with Crippen molar-refractivity contribution in [1.29, 1.82) is 0 Å². The molecule has 0 radical (unpaired) electrons. The number of benzene rings is 2. The highest BCUT2D eigenvalue weighted by molar-refractivity contribution is 6.00. The number of nitrogens with zero attached hydrogens (tertiary/aromatic N) is 1. The number of nitrogens with one attached hydrogen (secondary N) is 1. The first kappa shape index (κ1) is 16.2. The van der Waals surface area contributed by atoms with E-state index in [0.717, 1.165) is 16.8 Å². The third-order valence-corrected chi connectivity index (χ3v) is 4.50. The van der Waals surface area contributed by atoms with Crippen LogP contribution in [0.15, 0.2) is 54.6 Å². The van der Waals surface area contributed by atoms with E-state index >= 15 is 0 Å². The predicted molar refractivity (Wildman–Crippen MR) is 94.6 cm³/mol. The standard InChI is InChI=1S/C20H22N2O2/c1-14-8-10-18(11-9-14)22-13-17(12-19(22)23)20(24)21-15(2)16-6-4-3-5-7-16/h3-11,15,17H,12-13H2,1-2H3,(H,21,24)/t15-,17+/m1/s1. The van der Waals surface area contributed by atoms with Crippen molar-refractivity contribution in [2.24, 2.45) is 5.92 Å². The molecule has 0 spiro atoms. The Bertz CT molecular complexity index is 725. The molecule has 2 amide bonds. The van der Waals surface area contributed by atoms with Gasteiger partial charge in [0.2, 0.25) is 11.8 Å². The van der Waals surface area contributed by atoms with Gasteiger partial charge in [-0.3, -0.25) is 9.59 Å². The largest absolute Gasteiger partial charge is 0.349 e. The maximum absolute atomic E-state index is 12.5. The van der Waals surface area contributed by atoms with E-state index in [9.17, 15) is 9.59 Å². The molecule has 0 bridgehead atoms. The molecule has 2 aromatic rings. The van der Waals surface area contributed by atoms with Gasteiger partial charge in [-0.2, -0.15) is 0 Å². The number of carbonyl (C=O) groups is 2. The van der Waals surface area contributed by atoms with Gasteiger partial charge >= 0.3 is 0 Å². The van der Waals surface area contributed by atoms with Crippen LogP contribution in [0, 0.1) is 12.8 Å². The maximum atomic E-state index is 12.5. The average Bonchev–Trinajstić information content (AvgIpc) is 2.98. The molecule has 124 valence electrons. The SMILES string of the molecule is Cc1ccc(N2C[C@@H](C(=O)N[C@H](C)c3ccccc3)CC2=O)cc1.